The van der Waals surface area contributed by atoms with Gasteiger partial charge in [-0.05, 0) is 54.1 Å². The van der Waals surface area contributed by atoms with Crippen LogP contribution in [0.3, 0.4) is 0 Å². The summed E-state index contributed by atoms with van der Waals surface area (Å²) in [5.74, 6) is 0.329. The molecule has 0 unspecified atom stereocenters. The number of anilines is 1. The Morgan fingerprint density at radius 1 is 1.07 bits per heavy atom. The second-order valence-electron chi connectivity index (χ2n) is 6.53. The summed E-state index contributed by atoms with van der Waals surface area (Å²) in [7, 11) is 1.67. The van der Waals surface area contributed by atoms with Gasteiger partial charge in [-0.25, -0.2) is 4.90 Å². The van der Waals surface area contributed by atoms with Crippen molar-refractivity contribution >= 4 is 58.4 Å². The molecule has 2 heterocycles. The van der Waals surface area contributed by atoms with Gasteiger partial charge in [0.15, 0.2) is 10.9 Å². The van der Waals surface area contributed by atoms with Crippen molar-refractivity contribution in [2.75, 3.05) is 11.9 Å². The molecule has 1 aliphatic rings. The molecule has 5 nitrogen and oxygen atoms in total. The molecule has 150 valence electrons. The van der Waals surface area contributed by atoms with Gasteiger partial charge < -0.3 is 4.52 Å². The Kier molecular flexibility index (Phi) is 5.88. The van der Waals surface area contributed by atoms with Crippen molar-refractivity contribution in [1.82, 2.24) is 5.16 Å². The molecule has 3 aromatic rings. The highest BCUT2D eigenvalue weighted by Crippen LogP contribution is 2.39. The monoisotopic (exact) mass is 435 g/mol. The lowest BCUT2D eigenvalue weighted by atomic mass is 10.2. The van der Waals surface area contributed by atoms with Crippen LogP contribution in [-0.2, 0) is 4.79 Å². The largest absolute Gasteiger partial charge is 0.354 e. The predicted octanol–water partition coefficient (Wildman–Crippen LogP) is 5.91. The molecule has 0 aliphatic carbocycles. The van der Waals surface area contributed by atoms with Crippen molar-refractivity contribution < 1.29 is 9.32 Å². The first-order chi connectivity index (χ1) is 14.6. The molecular formula is C23H18ClN3O2S. The number of benzene rings is 2. The Balaban J connectivity index is 1.69. The summed E-state index contributed by atoms with van der Waals surface area (Å²) in [6.45, 7) is 1.81. The van der Waals surface area contributed by atoms with Crippen LogP contribution in [0.1, 0.15) is 22.6 Å². The minimum atomic E-state index is -0.156. The SMILES string of the molecule is CN=C1S/C(=C\c2ccccc2)C(=O)N1c1c(C)noc1/C=C/c1ccc(Cl)cc1. The maximum absolute atomic E-state index is 13.2. The van der Waals surface area contributed by atoms with Gasteiger partial charge >= 0.3 is 0 Å². The number of aryl methyl sites for hydroxylation is 1. The molecule has 0 bridgehead atoms. The first kappa shape index (κ1) is 20.2. The van der Waals surface area contributed by atoms with E-state index in [1.54, 1.807) is 18.0 Å². The third kappa shape index (κ3) is 4.10. The molecule has 4 rings (SSSR count). The number of rotatable bonds is 4. The van der Waals surface area contributed by atoms with Crippen molar-refractivity contribution in [2.24, 2.45) is 4.99 Å². The fourth-order valence-electron chi connectivity index (χ4n) is 3.03. The van der Waals surface area contributed by atoms with Crippen LogP contribution in [0.15, 0.2) is 69.0 Å². The van der Waals surface area contributed by atoms with Crippen LogP contribution in [0.5, 0.6) is 0 Å². The molecule has 2 aromatic carbocycles. The zero-order valence-corrected chi connectivity index (χ0v) is 17.9. The summed E-state index contributed by atoms with van der Waals surface area (Å²) in [5, 5.41) is 5.32. The van der Waals surface area contributed by atoms with Crippen molar-refractivity contribution in [1.29, 1.82) is 0 Å². The van der Waals surface area contributed by atoms with Gasteiger partial charge in [-0.2, -0.15) is 0 Å². The van der Waals surface area contributed by atoms with Gasteiger partial charge in [0.05, 0.1) is 4.91 Å². The number of aromatic nitrogens is 1. The molecule has 1 fully saturated rings. The van der Waals surface area contributed by atoms with Crippen LogP contribution in [0.4, 0.5) is 5.69 Å². The molecule has 7 heteroatoms. The zero-order valence-electron chi connectivity index (χ0n) is 16.4. The van der Waals surface area contributed by atoms with Crippen molar-refractivity contribution in [3.05, 3.63) is 87.1 Å². The number of hydrogen-bond donors (Lipinski definition) is 0. The molecule has 1 aliphatic heterocycles. The first-order valence-electron chi connectivity index (χ1n) is 9.22. The number of carbonyl (C=O) groups excluding carboxylic acids is 1. The van der Waals surface area contributed by atoms with Gasteiger partial charge in [-0.3, -0.25) is 9.79 Å². The lowest BCUT2D eigenvalue weighted by Crippen LogP contribution is -2.29. The third-order valence-corrected chi connectivity index (χ3v) is 5.78. The summed E-state index contributed by atoms with van der Waals surface area (Å²) >= 11 is 7.28. The molecule has 1 aromatic heterocycles. The Labute approximate surface area is 183 Å². The Morgan fingerprint density at radius 2 is 1.80 bits per heavy atom. The van der Waals surface area contributed by atoms with E-state index in [1.807, 2.05) is 73.7 Å². The normalized spacial score (nSPS) is 17.0. The number of amidine groups is 1. The first-order valence-corrected chi connectivity index (χ1v) is 10.4. The molecule has 1 saturated heterocycles. The van der Waals surface area contributed by atoms with E-state index in [9.17, 15) is 4.79 Å². The minimum Gasteiger partial charge on any atom is -0.354 e. The number of nitrogens with zero attached hydrogens (tertiary/aromatic N) is 3. The highest BCUT2D eigenvalue weighted by atomic mass is 35.5. The van der Waals surface area contributed by atoms with Gasteiger partial charge in [-0.1, -0.05) is 65.3 Å². The summed E-state index contributed by atoms with van der Waals surface area (Å²) in [4.78, 5) is 19.7. The smallest absolute Gasteiger partial charge is 0.271 e. The van der Waals surface area contributed by atoms with Gasteiger partial charge in [0, 0.05) is 12.1 Å². The van der Waals surface area contributed by atoms with E-state index in [0.29, 0.717) is 32.2 Å². The van der Waals surface area contributed by atoms with Gasteiger partial charge in [0.1, 0.15) is 11.4 Å². The van der Waals surface area contributed by atoms with E-state index in [4.69, 9.17) is 16.1 Å². The number of halogens is 1. The fraction of sp³-hybridized carbons (Fsp3) is 0.0870. The highest BCUT2D eigenvalue weighted by molar-refractivity contribution is 8.19. The second kappa shape index (κ2) is 8.73. The zero-order chi connectivity index (χ0) is 21.1. The Hall–Kier alpha value is -3.09. The fourth-order valence-corrected chi connectivity index (χ4v) is 4.08. The van der Waals surface area contributed by atoms with E-state index in [1.165, 1.54) is 11.8 Å². The van der Waals surface area contributed by atoms with Crippen LogP contribution in [-0.4, -0.2) is 23.3 Å². The second-order valence-corrected chi connectivity index (χ2v) is 7.98. The average molecular weight is 436 g/mol. The van der Waals surface area contributed by atoms with Crippen LogP contribution < -0.4 is 4.90 Å². The Bertz CT molecular complexity index is 1160. The number of aliphatic imine (C=N–C) groups is 1. The lowest BCUT2D eigenvalue weighted by molar-refractivity contribution is -0.113. The summed E-state index contributed by atoms with van der Waals surface area (Å²) in [6, 6.07) is 17.2. The molecule has 0 saturated carbocycles. The van der Waals surface area contributed by atoms with Crippen LogP contribution in [0.25, 0.3) is 18.2 Å². The molecule has 0 atom stereocenters. The predicted molar refractivity (Wildman–Crippen MR) is 124 cm³/mol. The van der Waals surface area contributed by atoms with Gasteiger partial charge in [-0.15, -0.1) is 0 Å². The summed E-state index contributed by atoms with van der Waals surface area (Å²) in [6.07, 6.45) is 5.55. The molecule has 0 N–H and O–H groups in total. The minimum absolute atomic E-state index is 0.156. The van der Waals surface area contributed by atoms with E-state index >= 15 is 0 Å². The van der Waals surface area contributed by atoms with Crippen molar-refractivity contribution in [3.8, 4) is 0 Å². The lowest BCUT2D eigenvalue weighted by Gasteiger charge is -2.14. The average Bonchev–Trinajstić information content (AvgIpc) is 3.27. The van der Waals surface area contributed by atoms with E-state index < -0.39 is 0 Å². The number of thioether (sulfide) groups is 1. The number of carbonyl (C=O) groups is 1. The van der Waals surface area contributed by atoms with E-state index in [0.717, 1.165) is 11.1 Å². The van der Waals surface area contributed by atoms with E-state index in [2.05, 4.69) is 10.1 Å². The highest BCUT2D eigenvalue weighted by Gasteiger charge is 2.37. The summed E-state index contributed by atoms with van der Waals surface area (Å²) < 4.78 is 5.51. The topological polar surface area (TPSA) is 58.7 Å². The van der Waals surface area contributed by atoms with Gasteiger partial charge in [0.2, 0.25) is 0 Å². The number of hydrogen-bond acceptors (Lipinski definition) is 5. The van der Waals surface area contributed by atoms with Crippen LogP contribution in [0.2, 0.25) is 5.02 Å². The molecule has 0 radical (unpaired) electrons. The third-order valence-electron chi connectivity index (χ3n) is 4.47. The molecule has 0 spiro atoms. The quantitative estimate of drug-likeness (QED) is 0.478. The standard InChI is InChI=1S/C23H18ClN3O2S/c1-15-21(19(29-26-15)13-10-16-8-11-18(24)12-9-16)27-22(28)20(30-23(27)25-2)14-17-6-4-3-5-7-17/h3-14H,1-2H3/b13-10+,20-14-,25-23?. The number of amides is 1. The maximum atomic E-state index is 13.2. The van der Waals surface area contributed by atoms with E-state index in [-0.39, 0.29) is 5.91 Å². The van der Waals surface area contributed by atoms with Crippen molar-refractivity contribution in [2.45, 2.75) is 6.92 Å². The Morgan fingerprint density at radius 3 is 2.50 bits per heavy atom. The van der Waals surface area contributed by atoms with Crippen LogP contribution in [0, 0.1) is 6.92 Å². The molecular weight excluding hydrogens is 418 g/mol. The van der Waals surface area contributed by atoms with Gasteiger partial charge in [0.25, 0.3) is 5.91 Å². The molecule has 1 amide bonds. The van der Waals surface area contributed by atoms with Crippen LogP contribution >= 0.6 is 23.4 Å². The van der Waals surface area contributed by atoms with Crippen molar-refractivity contribution in [3.63, 3.8) is 0 Å². The molecule has 30 heavy (non-hydrogen) atoms. The summed E-state index contributed by atoms with van der Waals surface area (Å²) in [5.41, 5.74) is 3.11. The maximum Gasteiger partial charge on any atom is 0.271 e.